The lowest BCUT2D eigenvalue weighted by Crippen LogP contribution is -2.51. The van der Waals surface area contributed by atoms with Gasteiger partial charge in [0, 0.05) is 4.47 Å². The molecule has 0 fully saturated rings. The number of amides is 2. The Hall–Kier alpha value is -1.56. The van der Waals surface area contributed by atoms with E-state index in [1.54, 1.807) is 19.1 Å². The Balaban J connectivity index is 2.65. The van der Waals surface area contributed by atoms with Crippen LogP contribution in [0.2, 0.25) is 0 Å². The zero-order valence-electron chi connectivity index (χ0n) is 11.7. The first-order valence-electron chi connectivity index (χ1n) is 6.33. The summed E-state index contributed by atoms with van der Waals surface area (Å²) in [6.07, 6.45) is -0.718. The third-order valence-corrected chi connectivity index (χ3v) is 3.24. The molecule has 0 saturated carbocycles. The van der Waals surface area contributed by atoms with Gasteiger partial charge in [-0.25, -0.2) is 0 Å². The number of halogens is 1. The van der Waals surface area contributed by atoms with Crippen LogP contribution in [0.4, 0.5) is 0 Å². The molecule has 2 atom stereocenters. The second-order valence-electron chi connectivity index (χ2n) is 4.85. The summed E-state index contributed by atoms with van der Waals surface area (Å²) in [7, 11) is 0. The first kappa shape index (κ1) is 16.5. The molecular weight excluding hydrogens is 324 g/mol. The van der Waals surface area contributed by atoms with Crippen LogP contribution in [-0.4, -0.2) is 24.0 Å². The maximum atomic E-state index is 12.0. The van der Waals surface area contributed by atoms with Crippen molar-refractivity contribution in [1.29, 1.82) is 0 Å². The van der Waals surface area contributed by atoms with Crippen molar-refractivity contribution in [2.75, 3.05) is 0 Å². The minimum atomic E-state index is -0.718. The van der Waals surface area contributed by atoms with Crippen molar-refractivity contribution in [2.24, 2.45) is 11.7 Å². The van der Waals surface area contributed by atoms with Gasteiger partial charge in [0.25, 0.3) is 5.91 Å². The molecule has 6 heteroatoms. The van der Waals surface area contributed by atoms with Crippen LogP contribution in [0.1, 0.15) is 20.8 Å². The molecule has 2 amide bonds. The summed E-state index contributed by atoms with van der Waals surface area (Å²) in [6.45, 7) is 5.25. The minimum Gasteiger partial charge on any atom is -0.481 e. The van der Waals surface area contributed by atoms with E-state index in [1.807, 2.05) is 26.0 Å². The van der Waals surface area contributed by atoms with Crippen molar-refractivity contribution < 1.29 is 14.3 Å². The third-order valence-electron chi connectivity index (χ3n) is 2.75. The highest BCUT2D eigenvalue weighted by Crippen LogP contribution is 2.19. The summed E-state index contributed by atoms with van der Waals surface area (Å²) >= 11 is 3.33. The summed E-state index contributed by atoms with van der Waals surface area (Å²) in [4.78, 5) is 23.3. The molecule has 0 aromatic heterocycles. The summed E-state index contributed by atoms with van der Waals surface area (Å²) in [6, 6.07) is 6.49. The SMILES string of the molecule is CC(Oc1cccc(Br)c1)C(=O)NC(C(N)=O)C(C)C. The van der Waals surface area contributed by atoms with Crippen molar-refractivity contribution in [2.45, 2.75) is 32.9 Å². The molecule has 2 unspecified atom stereocenters. The number of nitrogens with two attached hydrogens (primary N) is 1. The van der Waals surface area contributed by atoms with Crippen molar-refractivity contribution in [3.05, 3.63) is 28.7 Å². The predicted octanol–water partition coefficient (Wildman–Crippen LogP) is 1.84. The van der Waals surface area contributed by atoms with Gasteiger partial charge < -0.3 is 15.8 Å². The van der Waals surface area contributed by atoms with Crippen molar-refractivity contribution >= 4 is 27.7 Å². The minimum absolute atomic E-state index is 0.0745. The van der Waals surface area contributed by atoms with Crippen molar-refractivity contribution in [3.63, 3.8) is 0 Å². The predicted molar refractivity (Wildman–Crippen MR) is 80.2 cm³/mol. The van der Waals surface area contributed by atoms with Gasteiger partial charge in [-0.05, 0) is 31.0 Å². The molecule has 20 heavy (non-hydrogen) atoms. The molecule has 1 aromatic carbocycles. The van der Waals surface area contributed by atoms with Gasteiger partial charge in [-0.3, -0.25) is 9.59 Å². The molecule has 0 radical (unpaired) electrons. The number of hydrogen-bond donors (Lipinski definition) is 2. The maximum Gasteiger partial charge on any atom is 0.261 e. The Labute approximate surface area is 127 Å². The number of carbonyl (C=O) groups is 2. The summed E-state index contributed by atoms with van der Waals surface area (Å²) in [5.41, 5.74) is 5.26. The van der Waals surface area contributed by atoms with Crippen molar-refractivity contribution in [3.8, 4) is 5.75 Å². The van der Waals surface area contributed by atoms with E-state index in [-0.39, 0.29) is 11.8 Å². The van der Waals surface area contributed by atoms with Crippen LogP contribution in [0.15, 0.2) is 28.7 Å². The second-order valence-corrected chi connectivity index (χ2v) is 5.77. The Morgan fingerprint density at radius 2 is 1.95 bits per heavy atom. The molecule has 3 N–H and O–H groups in total. The topological polar surface area (TPSA) is 81.4 Å². The monoisotopic (exact) mass is 342 g/mol. The molecule has 1 rings (SSSR count). The summed E-state index contributed by atoms with van der Waals surface area (Å²) in [5, 5.41) is 2.60. The molecular formula is C14H19BrN2O3. The second kappa shape index (κ2) is 7.28. The Morgan fingerprint density at radius 3 is 2.45 bits per heavy atom. The molecule has 110 valence electrons. The fraction of sp³-hybridized carbons (Fsp3) is 0.429. The van der Waals surface area contributed by atoms with Gasteiger partial charge in [0.05, 0.1) is 0 Å². The fourth-order valence-electron chi connectivity index (χ4n) is 1.63. The molecule has 0 bridgehead atoms. The molecule has 0 aliphatic rings. The van der Waals surface area contributed by atoms with Crippen LogP contribution in [0.25, 0.3) is 0 Å². The van der Waals surface area contributed by atoms with E-state index in [0.717, 1.165) is 4.47 Å². The quantitative estimate of drug-likeness (QED) is 0.827. The number of nitrogens with one attached hydrogen (secondary N) is 1. The van der Waals surface area contributed by atoms with Crippen LogP contribution in [0.3, 0.4) is 0 Å². The number of hydrogen-bond acceptors (Lipinski definition) is 3. The molecule has 5 nitrogen and oxygen atoms in total. The highest BCUT2D eigenvalue weighted by atomic mass is 79.9. The summed E-state index contributed by atoms with van der Waals surface area (Å²) < 4.78 is 6.38. The standard InChI is InChI=1S/C14H19BrN2O3/c1-8(2)12(13(16)18)17-14(19)9(3)20-11-6-4-5-10(15)7-11/h4-9,12H,1-3H3,(H2,16,18)(H,17,19). The van der Waals surface area contributed by atoms with E-state index in [9.17, 15) is 9.59 Å². The molecule has 0 spiro atoms. The van der Waals surface area contributed by atoms with Crippen LogP contribution >= 0.6 is 15.9 Å². The van der Waals surface area contributed by atoms with Crippen LogP contribution in [-0.2, 0) is 9.59 Å². The number of benzene rings is 1. The normalized spacial score (nSPS) is 13.7. The molecule has 0 aliphatic heterocycles. The Bertz CT molecular complexity index is 491. The average molecular weight is 343 g/mol. The lowest BCUT2D eigenvalue weighted by molar-refractivity contribution is -0.132. The van der Waals surface area contributed by atoms with E-state index < -0.39 is 18.1 Å². The maximum absolute atomic E-state index is 12.0. The zero-order valence-corrected chi connectivity index (χ0v) is 13.3. The highest BCUT2D eigenvalue weighted by molar-refractivity contribution is 9.10. The summed E-state index contributed by atoms with van der Waals surface area (Å²) in [5.74, 6) is -0.429. The smallest absolute Gasteiger partial charge is 0.261 e. The van der Waals surface area contributed by atoms with Crippen LogP contribution < -0.4 is 15.8 Å². The zero-order chi connectivity index (χ0) is 15.3. The average Bonchev–Trinajstić information content (AvgIpc) is 2.34. The van der Waals surface area contributed by atoms with Gasteiger partial charge in [0.15, 0.2) is 6.10 Å². The molecule has 0 aliphatic carbocycles. The number of primary amides is 1. The van der Waals surface area contributed by atoms with Gasteiger partial charge in [-0.1, -0.05) is 35.8 Å². The first-order chi connectivity index (χ1) is 9.31. The van der Waals surface area contributed by atoms with Gasteiger partial charge in [-0.2, -0.15) is 0 Å². The van der Waals surface area contributed by atoms with E-state index >= 15 is 0 Å². The van der Waals surface area contributed by atoms with Crippen molar-refractivity contribution in [1.82, 2.24) is 5.32 Å². The van der Waals surface area contributed by atoms with Gasteiger partial charge in [-0.15, -0.1) is 0 Å². The first-order valence-corrected chi connectivity index (χ1v) is 7.12. The Kier molecular flexibility index (Phi) is 6.01. The van der Waals surface area contributed by atoms with Gasteiger partial charge in [0.1, 0.15) is 11.8 Å². The lowest BCUT2D eigenvalue weighted by Gasteiger charge is -2.21. The Morgan fingerprint density at radius 1 is 1.30 bits per heavy atom. The van der Waals surface area contributed by atoms with Crippen LogP contribution in [0.5, 0.6) is 5.75 Å². The fourth-order valence-corrected chi connectivity index (χ4v) is 2.01. The van der Waals surface area contributed by atoms with E-state index in [2.05, 4.69) is 21.2 Å². The molecule has 1 aromatic rings. The largest absolute Gasteiger partial charge is 0.481 e. The van der Waals surface area contributed by atoms with E-state index in [0.29, 0.717) is 5.75 Å². The van der Waals surface area contributed by atoms with Gasteiger partial charge in [0.2, 0.25) is 5.91 Å². The lowest BCUT2D eigenvalue weighted by atomic mass is 10.0. The van der Waals surface area contributed by atoms with Gasteiger partial charge >= 0.3 is 0 Å². The van der Waals surface area contributed by atoms with Crippen LogP contribution in [0, 0.1) is 5.92 Å². The van der Waals surface area contributed by atoms with E-state index in [4.69, 9.17) is 10.5 Å². The number of carbonyl (C=O) groups excluding carboxylic acids is 2. The molecule has 0 heterocycles. The van der Waals surface area contributed by atoms with E-state index in [1.165, 1.54) is 0 Å². The highest BCUT2D eigenvalue weighted by Gasteiger charge is 2.25. The molecule has 0 saturated heterocycles. The third kappa shape index (κ3) is 4.85. The number of rotatable bonds is 6. The number of ether oxygens (including phenoxy) is 1.